The maximum atomic E-state index is 12.9. The van der Waals surface area contributed by atoms with E-state index in [0.29, 0.717) is 0 Å². The van der Waals surface area contributed by atoms with Gasteiger partial charge in [-0.25, -0.2) is 0 Å². The van der Waals surface area contributed by atoms with E-state index in [4.69, 9.17) is 4.74 Å². The van der Waals surface area contributed by atoms with Gasteiger partial charge in [0, 0.05) is 6.54 Å². The smallest absolute Gasteiger partial charge is 0.319 e. The quantitative estimate of drug-likeness (QED) is 0.378. The summed E-state index contributed by atoms with van der Waals surface area (Å²) >= 11 is 2.15. The number of likely N-dealkylation sites (tertiary alicyclic amines) is 1. The number of hydrogen-bond acceptors (Lipinski definition) is 3. The molecule has 0 saturated carbocycles. The van der Waals surface area contributed by atoms with E-state index in [1.165, 1.54) is 6.42 Å². The highest BCUT2D eigenvalue weighted by Crippen LogP contribution is 2.28. The van der Waals surface area contributed by atoms with Gasteiger partial charge in [-0.2, -0.15) is 0 Å². The summed E-state index contributed by atoms with van der Waals surface area (Å²) in [5.74, 6) is -0.533. The normalized spacial score (nSPS) is 17.5. The molecule has 0 bridgehead atoms. The highest BCUT2D eigenvalue weighted by Gasteiger charge is 2.29. The van der Waals surface area contributed by atoms with Crippen molar-refractivity contribution in [2.24, 2.45) is 0 Å². The molecule has 2 aromatic carbocycles. The molecule has 0 spiro atoms. The first-order chi connectivity index (χ1) is 12.3. The van der Waals surface area contributed by atoms with Crippen LogP contribution in [0.3, 0.4) is 0 Å². The summed E-state index contributed by atoms with van der Waals surface area (Å²) in [6.45, 7) is 0.985. The average molecular weight is 451 g/mol. The van der Waals surface area contributed by atoms with Crippen LogP contribution in [0.15, 0.2) is 60.7 Å². The Labute approximate surface area is 164 Å². The maximum absolute atomic E-state index is 12.9. The van der Waals surface area contributed by atoms with Crippen molar-refractivity contribution in [2.75, 3.05) is 18.5 Å². The van der Waals surface area contributed by atoms with Crippen molar-refractivity contribution < 1.29 is 9.53 Å². The minimum atomic E-state index is -0.368. The second-order valence-corrected chi connectivity index (χ2v) is 6.12. The molecule has 1 fully saturated rings. The number of rotatable bonds is 4. The molecule has 3 rings (SSSR count). The minimum absolute atomic E-state index is 0.105. The third-order valence-electron chi connectivity index (χ3n) is 4.46. The fourth-order valence-corrected chi connectivity index (χ4v) is 3.15. The van der Waals surface area contributed by atoms with Crippen molar-refractivity contribution in [1.29, 1.82) is 0 Å². The van der Waals surface area contributed by atoms with Crippen LogP contribution in [0.5, 0.6) is 0 Å². The van der Waals surface area contributed by atoms with Crippen LogP contribution >= 0.6 is 22.6 Å². The molecule has 0 aromatic heterocycles. The van der Waals surface area contributed by atoms with Crippen LogP contribution in [0.4, 0.5) is 0 Å². The highest BCUT2D eigenvalue weighted by atomic mass is 127. The topological polar surface area (TPSA) is 29.5 Å². The molecule has 1 atom stereocenters. The van der Waals surface area contributed by atoms with Gasteiger partial charge in [0.15, 0.2) is 6.23 Å². The van der Waals surface area contributed by atoms with E-state index in [9.17, 15) is 4.79 Å². The lowest BCUT2D eigenvalue weighted by Crippen LogP contribution is -2.40. The third kappa shape index (κ3) is 5.54. The van der Waals surface area contributed by atoms with Gasteiger partial charge in [0.2, 0.25) is 0 Å². The molecule has 1 aliphatic rings. The first kappa shape index (κ1) is 19.9. The summed E-state index contributed by atoms with van der Waals surface area (Å²) in [4.78, 5) is 17.0. The summed E-state index contributed by atoms with van der Waals surface area (Å²) < 4.78 is 5.86. The van der Waals surface area contributed by atoms with Gasteiger partial charge in [0.05, 0.1) is 0 Å². The van der Waals surface area contributed by atoms with E-state index in [1.807, 2.05) is 72.6 Å². The highest BCUT2D eigenvalue weighted by molar-refractivity contribution is 14.1. The fourth-order valence-electron chi connectivity index (χ4n) is 3.15. The monoisotopic (exact) mass is 451 g/mol. The number of benzene rings is 2. The molecule has 0 N–H and O–H groups in total. The number of hydrogen-bond donors (Lipinski definition) is 0. The van der Waals surface area contributed by atoms with Crippen LogP contribution in [0.25, 0.3) is 0 Å². The van der Waals surface area contributed by atoms with Gasteiger partial charge in [-0.3, -0.25) is 9.69 Å². The van der Waals surface area contributed by atoms with E-state index in [1.54, 1.807) is 0 Å². The summed E-state index contributed by atoms with van der Waals surface area (Å²) in [6.07, 6.45) is 3.10. The molecule has 0 aliphatic carbocycles. The van der Waals surface area contributed by atoms with Gasteiger partial charge in [0.25, 0.3) is 0 Å². The fraction of sp³-hybridized carbons (Fsp3) is 0.381. The van der Waals surface area contributed by atoms with Crippen molar-refractivity contribution in [2.45, 2.75) is 31.4 Å². The molecule has 0 radical (unpaired) electrons. The Morgan fingerprint density at radius 2 is 1.52 bits per heavy atom. The molecular weight excluding hydrogens is 425 g/mol. The van der Waals surface area contributed by atoms with Crippen molar-refractivity contribution >= 4 is 28.6 Å². The van der Waals surface area contributed by atoms with E-state index >= 15 is 0 Å². The summed E-state index contributed by atoms with van der Waals surface area (Å²) in [5, 5.41) is 0. The molecule has 1 saturated heterocycles. The first-order valence-corrected chi connectivity index (χ1v) is 10.8. The lowest BCUT2D eigenvalue weighted by atomic mass is 9.91. The van der Waals surface area contributed by atoms with Gasteiger partial charge in [-0.1, -0.05) is 83.3 Å². The lowest BCUT2D eigenvalue weighted by Gasteiger charge is -2.32. The SMILES string of the molecule is CI.CN1CCCCC1OC(=O)C(c1ccccc1)c1ccccc1. The molecule has 1 unspecified atom stereocenters. The molecule has 0 amide bonds. The molecule has 3 nitrogen and oxygen atoms in total. The summed E-state index contributed by atoms with van der Waals surface area (Å²) in [5.41, 5.74) is 1.95. The summed E-state index contributed by atoms with van der Waals surface area (Å²) in [7, 11) is 2.02. The zero-order valence-electron chi connectivity index (χ0n) is 14.9. The number of alkyl halides is 1. The predicted octanol–water partition coefficient (Wildman–Crippen LogP) is 4.85. The molecule has 134 valence electrons. The van der Waals surface area contributed by atoms with Gasteiger partial charge >= 0.3 is 5.97 Å². The van der Waals surface area contributed by atoms with Gasteiger partial charge < -0.3 is 4.74 Å². The first-order valence-electron chi connectivity index (χ1n) is 8.64. The molecule has 25 heavy (non-hydrogen) atoms. The summed E-state index contributed by atoms with van der Waals surface area (Å²) in [6, 6.07) is 19.7. The average Bonchev–Trinajstić information content (AvgIpc) is 2.67. The van der Waals surface area contributed by atoms with E-state index in [0.717, 1.165) is 30.5 Å². The van der Waals surface area contributed by atoms with Crippen molar-refractivity contribution in [3.8, 4) is 0 Å². The Hall–Kier alpha value is -1.40. The predicted molar refractivity (Wildman–Crippen MR) is 111 cm³/mol. The van der Waals surface area contributed by atoms with Crippen LogP contribution < -0.4 is 0 Å². The van der Waals surface area contributed by atoms with Crippen molar-refractivity contribution in [1.82, 2.24) is 4.90 Å². The van der Waals surface area contributed by atoms with Crippen LogP contribution in [0.2, 0.25) is 0 Å². The molecule has 2 aromatic rings. The maximum Gasteiger partial charge on any atom is 0.319 e. The zero-order valence-corrected chi connectivity index (χ0v) is 17.1. The Balaban J connectivity index is 0.00000109. The Morgan fingerprint density at radius 3 is 2.00 bits per heavy atom. The van der Waals surface area contributed by atoms with E-state index in [-0.39, 0.29) is 18.1 Å². The number of carbonyl (C=O) groups is 1. The Kier molecular flexibility index (Phi) is 8.41. The third-order valence-corrected chi connectivity index (χ3v) is 4.46. The van der Waals surface area contributed by atoms with E-state index in [2.05, 4.69) is 27.5 Å². The van der Waals surface area contributed by atoms with Gasteiger partial charge in [-0.15, -0.1) is 0 Å². The standard InChI is InChI=1S/C20H23NO2.CH3I/c1-21-15-9-8-14-18(21)23-20(22)19(16-10-4-2-5-11-16)17-12-6-3-7-13-17;1-2/h2-7,10-13,18-19H,8-9,14-15H2,1H3;1H3. The second-order valence-electron chi connectivity index (χ2n) is 6.12. The Morgan fingerprint density at radius 1 is 1.00 bits per heavy atom. The Bertz CT molecular complexity index is 593. The number of halogens is 1. The van der Waals surface area contributed by atoms with Crippen molar-refractivity contribution in [3.05, 3.63) is 71.8 Å². The number of ether oxygens (including phenoxy) is 1. The second kappa shape index (κ2) is 10.6. The number of piperidine rings is 1. The number of esters is 1. The molecule has 1 aliphatic heterocycles. The van der Waals surface area contributed by atoms with Crippen LogP contribution in [0.1, 0.15) is 36.3 Å². The molecule has 4 heteroatoms. The number of carbonyl (C=O) groups excluding carboxylic acids is 1. The number of nitrogens with zero attached hydrogens (tertiary/aromatic N) is 1. The molecular formula is C21H26INO2. The zero-order chi connectivity index (χ0) is 18.1. The largest absolute Gasteiger partial charge is 0.446 e. The lowest BCUT2D eigenvalue weighted by molar-refractivity contribution is -0.161. The molecule has 1 heterocycles. The van der Waals surface area contributed by atoms with Crippen LogP contribution in [0, 0.1) is 0 Å². The van der Waals surface area contributed by atoms with Gasteiger partial charge in [0.1, 0.15) is 5.92 Å². The van der Waals surface area contributed by atoms with Gasteiger partial charge in [-0.05, 0) is 42.4 Å². The van der Waals surface area contributed by atoms with Crippen molar-refractivity contribution in [3.63, 3.8) is 0 Å². The minimum Gasteiger partial charge on any atom is -0.446 e. The van der Waals surface area contributed by atoms with Crippen LogP contribution in [-0.4, -0.2) is 35.6 Å². The van der Waals surface area contributed by atoms with E-state index < -0.39 is 0 Å². The van der Waals surface area contributed by atoms with Crippen LogP contribution in [-0.2, 0) is 9.53 Å².